The number of amides is 3. The van der Waals surface area contributed by atoms with Gasteiger partial charge in [0, 0.05) is 40.0 Å². The van der Waals surface area contributed by atoms with Gasteiger partial charge in [0.1, 0.15) is 18.5 Å². The van der Waals surface area contributed by atoms with E-state index in [1.165, 1.54) is 31.0 Å². The molecule has 0 bridgehead atoms. The third kappa shape index (κ3) is 9.47. The van der Waals surface area contributed by atoms with Gasteiger partial charge in [-0.15, -0.1) is 0 Å². The Morgan fingerprint density at radius 3 is 2.24 bits per heavy atom. The van der Waals surface area contributed by atoms with Gasteiger partial charge in [-0.3, -0.25) is 4.79 Å². The molecule has 1 aliphatic rings. The number of alkyl halides is 6. The number of likely N-dealkylation sites (tertiary alicyclic amines) is 1. The molecule has 1 saturated heterocycles. The van der Waals surface area contributed by atoms with Crippen molar-refractivity contribution in [1.29, 1.82) is 0 Å². The number of nitrogens with one attached hydrogen (secondary N) is 1. The third-order valence-electron chi connectivity index (χ3n) is 7.51. The van der Waals surface area contributed by atoms with Crippen molar-refractivity contribution < 1.29 is 59.7 Å². The van der Waals surface area contributed by atoms with Crippen molar-refractivity contribution in [3.05, 3.63) is 70.0 Å². The van der Waals surface area contributed by atoms with Gasteiger partial charge in [0.25, 0.3) is 0 Å². The topological polar surface area (TPSA) is 108 Å². The highest BCUT2D eigenvalue weighted by atomic mass is 19.4. The number of urea groups is 1. The first kappa shape index (κ1) is 36.4. The zero-order valence-electron chi connectivity index (χ0n) is 25.2. The largest absolute Gasteiger partial charge is 0.464 e. The molecular formula is C30H34F7N3O6. The predicted octanol–water partition coefficient (Wildman–Crippen LogP) is 6.14. The lowest BCUT2D eigenvalue weighted by atomic mass is 9.90. The number of hydrogen-bond acceptors (Lipinski definition) is 6. The van der Waals surface area contributed by atoms with E-state index in [1.54, 1.807) is 6.92 Å². The van der Waals surface area contributed by atoms with Crippen molar-refractivity contribution in [2.24, 2.45) is 0 Å². The average Bonchev–Trinajstić information content (AvgIpc) is 2.96. The minimum Gasteiger partial charge on any atom is -0.464 e. The number of aliphatic hydroxyl groups is 1. The van der Waals surface area contributed by atoms with Crippen molar-refractivity contribution >= 4 is 18.1 Å². The fraction of sp³-hybridized carbons (Fsp3) is 0.500. The number of hydrogen-bond donors (Lipinski definition) is 2. The summed E-state index contributed by atoms with van der Waals surface area (Å²) in [6.45, 7) is 1.95. The number of nitrogens with zero attached hydrogens (tertiary/aromatic N) is 2. The van der Waals surface area contributed by atoms with Crippen LogP contribution in [0.4, 0.5) is 40.3 Å². The summed E-state index contributed by atoms with van der Waals surface area (Å²) in [5.74, 6) is -1.09. The smallest absolute Gasteiger partial charge is 0.416 e. The van der Waals surface area contributed by atoms with Crippen molar-refractivity contribution in [3.63, 3.8) is 0 Å². The lowest BCUT2D eigenvalue weighted by Crippen LogP contribution is -2.50. The van der Waals surface area contributed by atoms with E-state index in [0.29, 0.717) is 23.3 Å². The maximum atomic E-state index is 14.0. The molecule has 1 aliphatic heterocycles. The van der Waals surface area contributed by atoms with E-state index < -0.39 is 77.7 Å². The Bertz CT molecular complexity index is 1370. The molecule has 0 aromatic heterocycles. The average molecular weight is 666 g/mol. The van der Waals surface area contributed by atoms with Gasteiger partial charge < -0.3 is 29.7 Å². The SMILES string of the molecule is CC(=O)OCCNC(=O)O[C@H]1CCN(C(=O)N(C)[C@H](CCO)c2cc(C(F)(F)F)cc(C(F)(F)F)c2)[C@@H](c2ccc(F)cc2C)C1. The van der Waals surface area contributed by atoms with Crippen molar-refractivity contribution in [3.8, 4) is 0 Å². The van der Waals surface area contributed by atoms with Crippen LogP contribution in [0.3, 0.4) is 0 Å². The van der Waals surface area contributed by atoms with Gasteiger partial charge in [0.15, 0.2) is 0 Å². The number of carbonyl (C=O) groups is 3. The molecule has 0 unspecified atom stereocenters. The highest BCUT2D eigenvalue weighted by molar-refractivity contribution is 5.76. The molecule has 0 saturated carbocycles. The zero-order valence-corrected chi connectivity index (χ0v) is 25.2. The molecule has 0 radical (unpaired) electrons. The highest BCUT2D eigenvalue weighted by Gasteiger charge is 2.40. The monoisotopic (exact) mass is 665 g/mol. The second kappa shape index (κ2) is 15.0. The lowest BCUT2D eigenvalue weighted by molar-refractivity contribution is -0.143. The molecule has 0 spiro atoms. The summed E-state index contributed by atoms with van der Waals surface area (Å²) >= 11 is 0. The van der Waals surface area contributed by atoms with E-state index >= 15 is 0 Å². The quantitative estimate of drug-likeness (QED) is 0.189. The number of aliphatic hydroxyl groups excluding tert-OH is 1. The number of esters is 1. The Labute approximate surface area is 260 Å². The van der Waals surface area contributed by atoms with Gasteiger partial charge in [0.2, 0.25) is 0 Å². The lowest BCUT2D eigenvalue weighted by Gasteiger charge is -2.43. The van der Waals surface area contributed by atoms with E-state index in [9.17, 15) is 50.2 Å². The van der Waals surface area contributed by atoms with E-state index in [1.807, 2.05) is 0 Å². The van der Waals surface area contributed by atoms with Crippen molar-refractivity contribution in [2.45, 2.75) is 63.7 Å². The number of alkyl carbamates (subject to hydrolysis) is 1. The van der Waals surface area contributed by atoms with Crippen molar-refractivity contribution in [2.75, 3.05) is 33.4 Å². The summed E-state index contributed by atoms with van der Waals surface area (Å²) in [6.07, 6.45) is -12.1. The zero-order chi connectivity index (χ0) is 34.4. The summed E-state index contributed by atoms with van der Waals surface area (Å²) in [6, 6.07) is 1.81. The van der Waals surface area contributed by atoms with Gasteiger partial charge in [-0.1, -0.05) is 6.07 Å². The second-order valence-electron chi connectivity index (χ2n) is 10.8. The first-order valence-electron chi connectivity index (χ1n) is 14.2. The van der Waals surface area contributed by atoms with Gasteiger partial charge in [-0.05, 0) is 60.4 Å². The van der Waals surface area contributed by atoms with Crippen molar-refractivity contribution in [1.82, 2.24) is 15.1 Å². The van der Waals surface area contributed by atoms with Crippen LogP contribution < -0.4 is 5.32 Å². The standard InChI is InChI=1S/C30H34F7N3O6/c1-17-12-22(31)4-5-24(17)26-16-23(46-27(43)38-8-11-45-18(2)42)6-9-40(26)28(44)39(3)25(7-10-41)19-13-20(29(32,33)34)15-21(14-19)30(35,36)37/h4-5,12-15,23,25-26,41H,6-11,16H2,1-3H3,(H,38,43)/t23-,25+,26+/m0/s1. The Balaban J connectivity index is 1.93. The molecule has 3 atom stereocenters. The van der Waals surface area contributed by atoms with Gasteiger partial charge in [0.05, 0.1) is 29.8 Å². The van der Waals surface area contributed by atoms with Gasteiger partial charge in [-0.25, -0.2) is 14.0 Å². The molecule has 2 N–H and O–H groups in total. The molecule has 46 heavy (non-hydrogen) atoms. The molecule has 3 amide bonds. The molecule has 9 nitrogen and oxygen atoms in total. The Hall–Kier alpha value is -4.08. The van der Waals surface area contributed by atoms with Crippen LogP contribution in [0, 0.1) is 12.7 Å². The summed E-state index contributed by atoms with van der Waals surface area (Å²) in [5, 5.41) is 12.1. The summed E-state index contributed by atoms with van der Waals surface area (Å²) < 4.78 is 106. The molecule has 16 heteroatoms. The van der Waals surface area contributed by atoms with Crippen LogP contribution in [0.1, 0.15) is 66.1 Å². The second-order valence-corrected chi connectivity index (χ2v) is 10.8. The molecule has 1 heterocycles. The van der Waals surface area contributed by atoms with Crippen LogP contribution in [0.15, 0.2) is 36.4 Å². The maximum absolute atomic E-state index is 14.0. The van der Waals surface area contributed by atoms with E-state index in [-0.39, 0.29) is 45.0 Å². The van der Waals surface area contributed by atoms with Crippen LogP contribution >= 0.6 is 0 Å². The number of benzene rings is 2. The number of rotatable bonds is 9. The third-order valence-corrected chi connectivity index (χ3v) is 7.51. The summed E-state index contributed by atoms with van der Waals surface area (Å²) in [4.78, 5) is 39.5. The number of halogens is 7. The number of carbonyl (C=O) groups excluding carboxylic acids is 3. The molecule has 254 valence electrons. The summed E-state index contributed by atoms with van der Waals surface area (Å²) in [5.41, 5.74) is -2.69. The number of aryl methyl sites for hydroxylation is 1. The van der Waals surface area contributed by atoms with E-state index in [4.69, 9.17) is 9.47 Å². The van der Waals surface area contributed by atoms with Crippen LogP contribution in [0.25, 0.3) is 0 Å². The summed E-state index contributed by atoms with van der Waals surface area (Å²) in [7, 11) is 1.20. The van der Waals surface area contributed by atoms with E-state index in [0.717, 1.165) is 11.0 Å². The van der Waals surface area contributed by atoms with Crippen LogP contribution in [-0.4, -0.2) is 72.5 Å². The number of piperidine rings is 1. The first-order chi connectivity index (χ1) is 21.4. The Morgan fingerprint density at radius 1 is 1.07 bits per heavy atom. The molecule has 1 fully saturated rings. The maximum Gasteiger partial charge on any atom is 0.416 e. The minimum absolute atomic E-state index is 0.0219. The van der Waals surface area contributed by atoms with Crippen LogP contribution in [0.5, 0.6) is 0 Å². The van der Waals surface area contributed by atoms with E-state index in [2.05, 4.69) is 5.32 Å². The fourth-order valence-electron chi connectivity index (χ4n) is 5.33. The number of ether oxygens (including phenoxy) is 2. The van der Waals surface area contributed by atoms with Crippen LogP contribution in [0.2, 0.25) is 0 Å². The molecule has 2 aromatic carbocycles. The fourth-order valence-corrected chi connectivity index (χ4v) is 5.33. The first-order valence-corrected chi connectivity index (χ1v) is 14.2. The molecule has 2 aromatic rings. The van der Waals surface area contributed by atoms with Gasteiger partial charge in [-0.2, -0.15) is 26.3 Å². The minimum atomic E-state index is -5.12. The van der Waals surface area contributed by atoms with Gasteiger partial charge >= 0.3 is 30.4 Å². The van der Waals surface area contributed by atoms with Crippen LogP contribution in [-0.2, 0) is 26.6 Å². The normalized spacial score (nSPS) is 17.7. The predicted molar refractivity (Wildman–Crippen MR) is 149 cm³/mol. The molecule has 3 rings (SSSR count). The highest BCUT2D eigenvalue weighted by Crippen LogP contribution is 2.40. The Morgan fingerprint density at radius 2 is 1.70 bits per heavy atom. The Kier molecular flexibility index (Phi) is 11.9. The molecular weight excluding hydrogens is 631 g/mol. The molecule has 0 aliphatic carbocycles.